The van der Waals surface area contributed by atoms with Gasteiger partial charge in [0.25, 0.3) is 0 Å². The molecule has 0 aliphatic carbocycles. The highest BCUT2D eigenvalue weighted by molar-refractivity contribution is 6.33. The molecule has 2 N–H and O–H groups in total. The summed E-state index contributed by atoms with van der Waals surface area (Å²) in [5.41, 5.74) is 1.03. The number of nitrogens with one attached hydrogen (secondary N) is 2. The van der Waals surface area contributed by atoms with Gasteiger partial charge in [0.1, 0.15) is 11.6 Å². The predicted molar refractivity (Wildman–Crippen MR) is 143 cm³/mol. The number of carbonyl (C=O) groups excluding carboxylic acids is 1. The fourth-order valence-corrected chi connectivity index (χ4v) is 4.05. The number of nitriles is 1. The first-order valence-corrected chi connectivity index (χ1v) is 13.6. The highest BCUT2D eigenvalue weighted by Crippen LogP contribution is 2.24. The van der Waals surface area contributed by atoms with Crippen molar-refractivity contribution in [3.05, 3.63) is 40.8 Å². The van der Waals surface area contributed by atoms with E-state index in [1.54, 1.807) is 18.2 Å². The Bertz CT molecular complexity index is 956. The van der Waals surface area contributed by atoms with Crippen LogP contribution in [0.5, 0.6) is 0 Å². The maximum atomic E-state index is 12.4. The Hall–Kier alpha value is -2.92. The number of halogens is 1. The second-order valence-electron chi connectivity index (χ2n) is 8.98. The van der Waals surface area contributed by atoms with Gasteiger partial charge in [0.2, 0.25) is 5.82 Å². The summed E-state index contributed by atoms with van der Waals surface area (Å²) >= 11 is 6.22. The van der Waals surface area contributed by atoms with Gasteiger partial charge in [-0.3, -0.25) is 0 Å². The van der Waals surface area contributed by atoms with Crippen LogP contribution in [0, 0.1) is 11.3 Å². The van der Waals surface area contributed by atoms with E-state index in [9.17, 15) is 10.1 Å². The Kier molecular flexibility index (Phi) is 15.0. The molecule has 0 saturated carbocycles. The highest BCUT2D eigenvalue weighted by Gasteiger charge is 2.11. The van der Waals surface area contributed by atoms with Crippen molar-refractivity contribution in [2.75, 3.05) is 11.9 Å². The highest BCUT2D eigenvalue weighted by atomic mass is 35.5. The number of allylic oxidation sites excluding steroid dienone is 1. The fraction of sp³-hybridized carbons (Fsp3) is 0.593. The van der Waals surface area contributed by atoms with Gasteiger partial charge in [0.05, 0.1) is 22.9 Å². The number of anilines is 1. The molecule has 1 heterocycles. The molecule has 0 unspecified atom stereocenters. The van der Waals surface area contributed by atoms with Crippen LogP contribution in [0.25, 0.3) is 5.57 Å². The van der Waals surface area contributed by atoms with Gasteiger partial charge in [0, 0.05) is 6.20 Å². The topological polar surface area (TPSA) is 117 Å². The number of aromatic nitrogens is 4. The second kappa shape index (κ2) is 18.4. The lowest BCUT2D eigenvalue weighted by molar-refractivity contribution is 0.0497. The van der Waals surface area contributed by atoms with E-state index in [0.29, 0.717) is 22.9 Å². The molecule has 9 heteroatoms. The maximum Gasteiger partial charge on any atom is 0.338 e. The summed E-state index contributed by atoms with van der Waals surface area (Å²) in [6.07, 6.45) is 19.4. The molecule has 0 amide bonds. The zero-order chi connectivity index (χ0) is 25.8. The SMILES string of the molecule is CCCCCCCCCCCCCCCCOC(=O)c1ccc(Cl)c(NC=C(C#N)c2nn[nH]n2)c1. The van der Waals surface area contributed by atoms with Crippen LogP contribution in [0.4, 0.5) is 5.69 Å². The number of benzene rings is 1. The molecule has 2 aromatic rings. The molecule has 36 heavy (non-hydrogen) atoms. The first-order chi connectivity index (χ1) is 17.7. The maximum absolute atomic E-state index is 12.4. The molecule has 0 spiro atoms. The smallest absolute Gasteiger partial charge is 0.338 e. The molecular formula is C27H39ClN6O2. The van der Waals surface area contributed by atoms with E-state index in [0.717, 1.165) is 12.8 Å². The van der Waals surface area contributed by atoms with Crippen molar-refractivity contribution in [1.82, 2.24) is 20.6 Å². The average molecular weight is 515 g/mol. The number of ether oxygens (including phenoxy) is 1. The predicted octanol–water partition coefficient (Wildman–Crippen LogP) is 7.47. The number of tetrazole rings is 1. The lowest BCUT2D eigenvalue weighted by atomic mass is 10.0. The van der Waals surface area contributed by atoms with Crippen molar-refractivity contribution in [3.8, 4) is 6.07 Å². The van der Waals surface area contributed by atoms with Gasteiger partial charge >= 0.3 is 5.97 Å². The zero-order valence-corrected chi connectivity index (χ0v) is 22.2. The standard InChI is InChI=1S/C27H39ClN6O2/c1-2-3-4-5-6-7-8-9-10-11-12-13-14-15-18-36-27(35)22-16-17-24(28)25(19-22)30-21-23(20-29)26-31-33-34-32-26/h16-17,19,21,30H,2-15,18H2,1H3,(H,31,32,33,34). The minimum absolute atomic E-state index is 0.157. The van der Waals surface area contributed by atoms with E-state index in [-0.39, 0.29) is 11.4 Å². The van der Waals surface area contributed by atoms with Crippen LogP contribution < -0.4 is 5.32 Å². The summed E-state index contributed by atoms with van der Waals surface area (Å²) in [4.78, 5) is 12.4. The van der Waals surface area contributed by atoms with Crippen molar-refractivity contribution in [3.63, 3.8) is 0 Å². The number of hydrogen-bond donors (Lipinski definition) is 2. The van der Waals surface area contributed by atoms with E-state index >= 15 is 0 Å². The lowest BCUT2D eigenvalue weighted by Crippen LogP contribution is -2.07. The van der Waals surface area contributed by atoms with Crippen molar-refractivity contribution in [2.45, 2.75) is 96.8 Å². The van der Waals surface area contributed by atoms with Crippen LogP contribution in [0.15, 0.2) is 24.4 Å². The monoisotopic (exact) mass is 514 g/mol. The summed E-state index contributed by atoms with van der Waals surface area (Å²) in [6, 6.07) is 6.81. The molecule has 1 aromatic heterocycles. The third kappa shape index (κ3) is 11.7. The molecule has 0 atom stereocenters. The normalized spacial score (nSPS) is 11.3. The molecular weight excluding hydrogens is 476 g/mol. The van der Waals surface area contributed by atoms with Gasteiger partial charge < -0.3 is 10.1 Å². The van der Waals surface area contributed by atoms with Crippen LogP contribution >= 0.6 is 11.6 Å². The van der Waals surface area contributed by atoms with Gasteiger partial charge in [0.15, 0.2) is 0 Å². The largest absolute Gasteiger partial charge is 0.462 e. The van der Waals surface area contributed by atoms with Crippen LogP contribution in [0.3, 0.4) is 0 Å². The van der Waals surface area contributed by atoms with E-state index in [1.807, 2.05) is 6.07 Å². The van der Waals surface area contributed by atoms with Crippen molar-refractivity contribution < 1.29 is 9.53 Å². The first kappa shape index (κ1) is 29.3. The molecule has 0 bridgehead atoms. The Balaban J connectivity index is 1.58. The molecule has 0 radical (unpaired) electrons. The Morgan fingerprint density at radius 3 is 2.19 bits per heavy atom. The minimum Gasteiger partial charge on any atom is -0.462 e. The van der Waals surface area contributed by atoms with Gasteiger partial charge in [-0.1, -0.05) is 102 Å². The molecule has 0 fully saturated rings. The summed E-state index contributed by atoms with van der Waals surface area (Å²) in [5, 5.41) is 25.9. The number of unbranched alkanes of at least 4 members (excludes halogenated alkanes) is 13. The number of carbonyl (C=O) groups is 1. The summed E-state index contributed by atoms with van der Waals surface area (Å²) in [6.45, 7) is 2.66. The van der Waals surface area contributed by atoms with Gasteiger partial charge in [-0.15, -0.1) is 10.2 Å². The summed E-state index contributed by atoms with van der Waals surface area (Å²) in [7, 11) is 0. The molecule has 0 aliphatic heterocycles. The number of hydrogen-bond acceptors (Lipinski definition) is 7. The lowest BCUT2D eigenvalue weighted by Gasteiger charge is -2.09. The van der Waals surface area contributed by atoms with E-state index < -0.39 is 5.97 Å². The number of H-pyrrole nitrogens is 1. The first-order valence-electron chi connectivity index (χ1n) is 13.2. The van der Waals surface area contributed by atoms with E-state index in [2.05, 4.69) is 32.9 Å². The van der Waals surface area contributed by atoms with Crippen molar-refractivity contribution in [2.24, 2.45) is 0 Å². The number of esters is 1. The zero-order valence-electron chi connectivity index (χ0n) is 21.4. The molecule has 2 rings (SSSR count). The minimum atomic E-state index is -0.396. The summed E-state index contributed by atoms with van der Waals surface area (Å²) in [5.74, 6) is -0.239. The van der Waals surface area contributed by atoms with Gasteiger partial charge in [-0.2, -0.15) is 10.5 Å². The molecule has 0 saturated heterocycles. The van der Waals surface area contributed by atoms with Gasteiger partial charge in [-0.05, 0) is 29.8 Å². The number of rotatable bonds is 19. The Morgan fingerprint density at radius 2 is 1.64 bits per heavy atom. The third-order valence-electron chi connectivity index (χ3n) is 6.01. The summed E-state index contributed by atoms with van der Waals surface area (Å²) < 4.78 is 5.43. The van der Waals surface area contributed by atoms with E-state index in [4.69, 9.17) is 16.3 Å². The van der Waals surface area contributed by atoms with Crippen LogP contribution in [0.1, 0.15) is 113 Å². The molecule has 0 aliphatic rings. The van der Waals surface area contributed by atoms with Crippen molar-refractivity contribution >= 4 is 28.8 Å². The quantitative estimate of drug-likeness (QED) is 0.113. The molecule has 1 aromatic carbocycles. The average Bonchev–Trinajstić information content (AvgIpc) is 3.42. The third-order valence-corrected chi connectivity index (χ3v) is 6.34. The van der Waals surface area contributed by atoms with Crippen LogP contribution in [-0.4, -0.2) is 33.2 Å². The van der Waals surface area contributed by atoms with Crippen molar-refractivity contribution in [1.29, 1.82) is 5.26 Å². The van der Waals surface area contributed by atoms with Crippen LogP contribution in [0.2, 0.25) is 5.02 Å². The fourth-order valence-electron chi connectivity index (χ4n) is 3.88. The Labute approximate surface area is 219 Å². The number of nitrogens with zero attached hydrogens (tertiary/aromatic N) is 4. The van der Waals surface area contributed by atoms with Crippen LogP contribution in [-0.2, 0) is 4.74 Å². The van der Waals surface area contributed by atoms with E-state index in [1.165, 1.54) is 83.2 Å². The van der Waals surface area contributed by atoms with Gasteiger partial charge in [-0.25, -0.2) is 4.79 Å². The Morgan fingerprint density at radius 1 is 1.03 bits per heavy atom. The molecule has 8 nitrogen and oxygen atoms in total. The number of aromatic amines is 1. The second-order valence-corrected chi connectivity index (χ2v) is 9.38. The molecule has 196 valence electrons.